The Labute approximate surface area is 118 Å². The fourth-order valence-corrected chi connectivity index (χ4v) is 1.85. The third kappa shape index (κ3) is 3.79. The number of carbonyl (C=O) groups excluding carboxylic acids is 1. The Balaban J connectivity index is 1.92. The van der Waals surface area contributed by atoms with E-state index in [2.05, 4.69) is 21.2 Å². The van der Waals surface area contributed by atoms with Crippen LogP contribution in [0.2, 0.25) is 0 Å². The van der Waals surface area contributed by atoms with Crippen LogP contribution in [0.5, 0.6) is 5.75 Å². The molecule has 3 nitrogen and oxygen atoms in total. The van der Waals surface area contributed by atoms with E-state index >= 15 is 0 Å². The van der Waals surface area contributed by atoms with Crippen molar-refractivity contribution in [2.45, 2.75) is 0 Å². The van der Waals surface area contributed by atoms with Crippen LogP contribution in [0.15, 0.2) is 53.0 Å². The van der Waals surface area contributed by atoms with Gasteiger partial charge in [0.05, 0.1) is 10.2 Å². The minimum absolute atomic E-state index is 0.142. The molecule has 0 fully saturated rings. The molecule has 0 aliphatic heterocycles. The molecular weight excluding hydrogens is 313 g/mol. The van der Waals surface area contributed by atoms with E-state index in [0.717, 1.165) is 4.47 Å². The number of hydrogen-bond acceptors (Lipinski definition) is 2. The molecule has 0 heterocycles. The predicted octanol–water partition coefficient (Wildman–Crippen LogP) is 3.61. The SMILES string of the molecule is O=C(COc1ccccc1Br)Nc1ccccc1F. The van der Waals surface area contributed by atoms with Crippen molar-refractivity contribution in [2.24, 2.45) is 0 Å². The fourth-order valence-electron chi connectivity index (χ4n) is 1.45. The summed E-state index contributed by atoms with van der Waals surface area (Å²) in [6, 6.07) is 13.2. The van der Waals surface area contributed by atoms with Crippen LogP contribution >= 0.6 is 15.9 Å². The molecular formula is C14H11BrFNO2. The van der Waals surface area contributed by atoms with Crippen LogP contribution in [0, 0.1) is 5.82 Å². The largest absolute Gasteiger partial charge is 0.483 e. The molecule has 0 aromatic heterocycles. The van der Waals surface area contributed by atoms with Gasteiger partial charge in [0.2, 0.25) is 0 Å². The van der Waals surface area contributed by atoms with Crippen LogP contribution in [-0.4, -0.2) is 12.5 Å². The molecule has 2 rings (SSSR count). The Morgan fingerprint density at radius 2 is 1.84 bits per heavy atom. The Morgan fingerprint density at radius 1 is 1.16 bits per heavy atom. The van der Waals surface area contributed by atoms with E-state index in [1.165, 1.54) is 12.1 Å². The van der Waals surface area contributed by atoms with Crippen LogP contribution in [0.25, 0.3) is 0 Å². The minimum atomic E-state index is -0.475. The van der Waals surface area contributed by atoms with Crippen molar-refractivity contribution >= 4 is 27.5 Å². The first-order valence-corrected chi connectivity index (χ1v) is 6.38. The Kier molecular flexibility index (Phi) is 4.52. The molecule has 0 aliphatic carbocycles. The second kappa shape index (κ2) is 6.33. The second-order valence-corrected chi connectivity index (χ2v) is 4.60. The van der Waals surface area contributed by atoms with Crippen LogP contribution in [0.1, 0.15) is 0 Å². The lowest BCUT2D eigenvalue weighted by Crippen LogP contribution is -2.20. The van der Waals surface area contributed by atoms with Crippen LogP contribution < -0.4 is 10.1 Å². The van der Waals surface area contributed by atoms with E-state index < -0.39 is 11.7 Å². The van der Waals surface area contributed by atoms with Crippen molar-refractivity contribution in [3.63, 3.8) is 0 Å². The van der Waals surface area contributed by atoms with Gasteiger partial charge in [-0.3, -0.25) is 4.79 Å². The van der Waals surface area contributed by atoms with Gasteiger partial charge in [0.1, 0.15) is 11.6 Å². The highest BCUT2D eigenvalue weighted by Gasteiger charge is 2.08. The van der Waals surface area contributed by atoms with Crippen molar-refractivity contribution in [3.8, 4) is 5.75 Å². The number of halogens is 2. The highest BCUT2D eigenvalue weighted by atomic mass is 79.9. The summed E-state index contributed by atoms with van der Waals surface area (Å²) in [5.74, 6) is -0.330. The summed E-state index contributed by atoms with van der Waals surface area (Å²) >= 11 is 3.31. The number of anilines is 1. The molecule has 0 aliphatic rings. The molecule has 1 amide bonds. The third-order valence-corrected chi connectivity index (χ3v) is 3.00. The zero-order chi connectivity index (χ0) is 13.7. The summed E-state index contributed by atoms with van der Waals surface area (Å²) in [6.45, 7) is -0.184. The smallest absolute Gasteiger partial charge is 0.262 e. The van der Waals surface area contributed by atoms with Gasteiger partial charge >= 0.3 is 0 Å². The number of nitrogens with one attached hydrogen (secondary N) is 1. The molecule has 0 atom stereocenters. The van der Waals surface area contributed by atoms with Gasteiger partial charge in [-0.05, 0) is 40.2 Å². The van der Waals surface area contributed by atoms with E-state index in [9.17, 15) is 9.18 Å². The summed E-state index contributed by atoms with van der Waals surface area (Å²) in [4.78, 5) is 11.6. The number of rotatable bonds is 4. The lowest BCUT2D eigenvalue weighted by molar-refractivity contribution is -0.118. The molecule has 0 radical (unpaired) electrons. The number of ether oxygens (including phenoxy) is 1. The molecule has 2 aromatic carbocycles. The molecule has 0 spiro atoms. The van der Waals surface area contributed by atoms with E-state index in [4.69, 9.17) is 4.74 Å². The van der Waals surface area contributed by atoms with E-state index in [0.29, 0.717) is 5.75 Å². The summed E-state index contributed by atoms with van der Waals surface area (Å²) in [5.41, 5.74) is 0.142. The Morgan fingerprint density at radius 3 is 2.58 bits per heavy atom. The average molecular weight is 324 g/mol. The maximum atomic E-state index is 13.3. The molecule has 2 aromatic rings. The van der Waals surface area contributed by atoms with Gasteiger partial charge in [-0.15, -0.1) is 0 Å². The fraction of sp³-hybridized carbons (Fsp3) is 0.0714. The molecule has 0 unspecified atom stereocenters. The van der Waals surface area contributed by atoms with Gasteiger partial charge in [0, 0.05) is 0 Å². The second-order valence-electron chi connectivity index (χ2n) is 3.75. The van der Waals surface area contributed by atoms with E-state index in [-0.39, 0.29) is 12.3 Å². The first-order chi connectivity index (χ1) is 9.16. The van der Waals surface area contributed by atoms with Gasteiger partial charge in [-0.1, -0.05) is 24.3 Å². The summed E-state index contributed by atoms with van der Waals surface area (Å²) < 4.78 is 19.4. The summed E-state index contributed by atoms with van der Waals surface area (Å²) in [5, 5.41) is 2.45. The Bertz CT molecular complexity index is 589. The van der Waals surface area contributed by atoms with E-state index in [1.807, 2.05) is 12.1 Å². The first kappa shape index (κ1) is 13.5. The predicted molar refractivity (Wildman–Crippen MR) is 74.7 cm³/mol. The monoisotopic (exact) mass is 323 g/mol. The lowest BCUT2D eigenvalue weighted by Gasteiger charge is -2.09. The maximum absolute atomic E-state index is 13.3. The van der Waals surface area contributed by atoms with Gasteiger partial charge in [-0.2, -0.15) is 0 Å². The molecule has 19 heavy (non-hydrogen) atoms. The van der Waals surface area contributed by atoms with Crippen LogP contribution in [0.3, 0.4) is 0 Å². The molecule has 0 saturated heterocycles. The van der Waals surface area contributed by atoms with Crippen molar-refractivity contribution in [3.05, 3.63) is 58.8 Å². The normalized spacial score (nSPS) is 10.0. The van der Waals surface area contributed by atoms with Crippen molar-refractivity contribution < 1.29 is 13.9 Å². The summed E-state index contributed by atoms with van der Waals surface area (Å²) in [7, 11) is 0. The minimum Gasteiger partial charge on any atom is -0.483 e. The topological polar surface area (TPSA) is 38.3 Å². The number of amides is 1. The number of benzene rings is 2. The van der Waals surface area contributed by atoms with Crippen molar-refractivity contribution in [1.29, 1.82) is 0 Å². The van der Waals surface area contributed by atoms with E-state index in [1.54, 1.807) is 24.3 Å². The first-order valence-electron chi connectivity index (χ1n) is 5.58. The van der Waals surface area contributed by atoms with Crippen molar-refractivity contribution in [1.82, 2.24) is 0 Å². The van der Waals surface area contributed by atoms with Crippen molar-refractivity contribution in [2.75, 3.05) is 11.9 Å². The molecule has 5 heteroatoms. The molecule has 0 saturated carbocycles. The van der Waals surface area contributed by atoms with Gasteiger partial charge < -0.3 is 10.1 Å². The van der Waals surface area contributed by atoms with Gasteiger partial charge in [0.25, 0.3) is 5.91 Å². The van der Waals surface area contributed by atoms with Gasteiger partial charge in [-0.25, -0.2) is 4.39 Å². The third-order valence-electron chi connectivity index (χ3n) is 2.34. The van der Waals surface area contributed by atoms with Gasteiger partial charge in [0.15, 0.2) is 6.61 Å². The highest BCUT2D eigenvalue weighted by molar-refractivity contribution is 9.10. The Hall–Kier alpha value is -1.88. The zero-order valence-corrected chi connectivity index (χ0v) is 11.5. The molecule has 98 valence electrons. The molecule has 0 bridgehead atoms. The standard InChI is InChI=1S/C14H11BrFNO2/c15-10-5-1-4-8-13(10)19-9-14(18)17-12-7-3-2-6-11(12)16/h1-8H,9H2,(H,17,18). The highest BCUT2D eigenvalue weighted by Crippen LogP contribution is 2.23. The van der Waals surface area contributed by atoms with Crippen LogP contribution in [0.4, 0.5) is 10.1 Å². The number of carbonyl (C=O) groups is 1. The number of para-hydroxylation sites is 2. The summed E-state index contributed by atoms with van der Waals surface area (Å²) in [6.07, 6.45) is 0. The average Bonchev–Trinajstić information content (AvgIpc) is 2.40. The quantitative estimate of drug-likeness (QED) is 0.933. The van der Waals surface area contributed by atoms with Crippen LogP contribution in [-0.2, 0) is 4.79 Å². The zero-order valence-electron chi connectivity index (χ0n) is 9.90. The maximum Gasteiger partial charge on any atom is 0.262 e. The molecule has 1 N–H and O–H groups in total. The lowest BCUT2D eigenvalue weighted by atomic mass is 10.3. The number of hydrogen-bond donors (Lipinski definition) is 1.